The van der Waals surface area contributed by atoms with Crippen LogP contribution in [0.5, 0.6) is 0 Å². The highest BCUT2D eigenvalue weighted by molar-refractivity contribution is 6.03. The maximum Gasteiger partial charge on any atom is 0.0276 e. The van der Waals surface area contributed by atoms with E-state index in [9.17, 15) is 0 Å². The van der Waals surface area contributed by atoms with Crippen LogP contribution in [0.4, 0.5) is 0 Å². The molecule has 1 aliphatic carbocycles. The van der Waals surface area contributed by atoms with Crippen molar-refractivity contribution in [2.24, 2.45) is 16.8 Å². The molecule has 0 N–H and O–H groups in total. The second-order valence-corrected chi connectivity index (χ2v) is 2.23. The first-order valence-corrected chi connectivity index (χ1v) is 2.74. The second-order valence-electron chi connectivity index (χ2n) is 2.23. The Hall–Kier alpha value is -0.330. The maximum absolute atomic E-state index is 4.08. The minimum absolute atomic E-state index is 0.782. The molecule has 2 atom stereocenters. The summed E-state index contributed by atoms with van der Waals surface area (Å²) in [5.74, 6) is 1.56. The Bertz CT molecular complexity index is 94.7. The number of hydrogen-bond acceptors (Lipinski definition) is 1. The van der Waals surface area contributed by atoms with Gasteiger partial charge in [-0.05, 0) is 0 Å². The fourth-order valence-corrected chi connectivity index (χ4v) is 0.953. The zero-order valence-corrected chi connectivity index (χ0v) is 5.10. The fourth-order valence-electron chi connectivity index (χ4n) is 0.953. The lowest BCUT2D eigenvalue weighted by atomic mass is 10.4. The van der Waals surface area contributed by atoms with Crippen LogP contribution in [0.3, 0.4) is 0 Å². The van der Waals surface area contributed by atoms with Gasteiger partial charge in [-0.2, -0.15) is 0 Å². The molecule has 0 spiro atoms. The van der Waals surface area contributed by atoms with Gasteiger partial charge < -0.3 is 0 Å². The molecule has 0 aromatic heterocycles. The van der Waals surface area contributed by atoms with Crippen LogP contribution in [-0.4, -0.2) is 12.8 Å². The van der Waals surface area contributed by atoms with Gasteiger partial charge in [-0.1, -0.05) is 13.8 Å². The minimum atomic E-state index is 0.782. The van der Waals surface area contributed by atoms with Crippen LogP contribution in [0.1, 0.15) is 13.8 Å². The standard InChI is InChI=1S/C6H11N/c1-4-5(2)6(4)7-3/h4-5H,1-3H3. The van der Waals surface area contributed by atoms with Gasteiger partial charge in [0.15, 0.2) is 0 Å². The van der Waals surface area contributed by atoms with Crippen molar-refractivity contribution in [2.45, 2.75) is 13.8 Å². The molecule has 1 rings (SSSR count). The third kappa shape index (κ3) is 0.561. The largest absolute Gasteiger partial charge is 0.297 e. The van der Waals surface area contributed by atoms with Gasteiger partial charge in [0.2, 0.25) is 0 Å². The average Bonchev–Trinajstić information content (AvgIpc) is 2.17. The quantitative estimate of drug-likeness (QED) is 0.432. The van der Waals surface area contributed by atoms with E-state index >= 15 is 0 Å². The summed E-state index contributed by atoms with van der Waals surface area (Å²) in [4.78, 5) is 4.08. The molecule has 2 unspecified atom stereocenters. The van der Waals surface area contributed by atoms with Gasteiger partial charge in [0, 0.05) is 24.6 Å². The normalized spacial score (nSPS) is 38.4. The molecule has 1 aliphatic rings. The SMILES string of the molecule is CN=C1C(C)C1C. The van der Waals surface area contributed by atoms with Crippen LogP contribution < -0.4 is 0 Å². The molecule has 0 aromatic carbocycles. The van der Waals surface area contributed by atoms with Crippen molar-refractivity contribution in [3.63, 3.8) is 0 Å². The summed E-state index contributed by atoms with van der Waals surface area (Å²) >= 11 is 0. The van der Waals surface area contributed by atoms with E-state index in [2.05, 4.69) is 18.8 Å². The van der Waals surface area contributed by atoms with Crippen LogP contribution in [-0.2, 0) is 0 Å². The monoisotopic (exact) mass is 97.1 g/mol. The van der Waals surface area contributed by atoms with Gasteiger partial charge in [0.05, 0.1) is 0 Å². The molecular weight excluding hydrogens is 86.1 g/mol. The predicted molar refractivity (Wildman–Crippen MR) is 31.7 cm³/mol. The van der Waals surface area contributed by atoms with Crippen LogP contribution in [0.25, 0.3) is 0 Å². The van der Waals surface area contributed by atoms with Crippen LogP contribution >= 0.6 is 0 Å². The molecule has 0 saturated heterocycles. The average molecular weight is 97.2 g/mol. The zero-order chi connectivity index (χ0) is 5.44. The molecule has 7 heavy (non-hydrogen) atoms. The van der Waals surface area contributed by atoms with E-state index in [0.29, 0.717) is 0 Å². The Kier molecular flexibility index (Phi) is 0.911. The van der Waals surface area contributed by atoms with E-state index in [1.807, 2.05) is 7.05 Å². The van der Waals surface area contributed by atoms with E-state index in [1.165, 1.54) is 5.71 Å². The molecule has 0 amide bonds. The molecule has 0 heterocycles. The zero-order valence-electron chi connectivity index (χ0n) is 5.10. The first kappa shape index (κ1) is 4.82. The van der Waals surface area contributed by atoms with Gasteiger partial charge >= 0.3 is 0 Å². The van der Waals surface area contributed by atoms with E-state index in [-0.39, 0.29) is 0 Å². The molecule has 1 saturated carbocycles. The minimum Gasteiger partial charge on any atom is -0.297 e. The van der Waals surface area contributed by atoms with Gasteiger partial charge in [-0.3, -0.25) is 4.99 Å². The lowest BCUT2D eigenvalue weighted by Gasteiger charge is -1.64. The van der Waals surface area contributed by atoms with E-state index in [0.717, 1.165) is 11.8 Å². The van der Waals surface area contributed by atoms with E-state index in [4.69, 9.17) is 0 Å². The summed E-state index contributed by atoms with van der Waals surface area (Å²) in [7, 11) is 1.87. The summed E-state index contributed by atoms with van der Waals surface area (Å²) in [6, 6.07) is 0. The Morgan fingerprint density at radius 2 is 1.71 bits per heavy atom. The van der Waals surface area contributed by atoms with Crippen molar-refractivity contribution in [1.82, 2.24) is 0 Å². The highest BCUT2D eigenvalue weighted by atomic mass is 14.8. The Morgan fingerprint density at radius 3 is 1.71 bits per heavy atom. The molecule has 1 nitrogen and oxygen atoms in total. The molecule has 0 aliphatic heterocycles. The molecule has 0 aromatic rings. The third-order valence-electron chi connectivity index (χ3n) is 1.83. The second kappa shape index (κ2) is 1.32. The Labute approximate surface area is 44.5 Å². The Balaban J connectivity index is 2.54. The summed E-state index contributed by atoms with van der Waals surface area (Å²) in [5.41, 5.74) is 1.39. The van der Waals surface area contributed by atoms with Crippen molar-refractivity contribution in [1.29, 1.82) is 0 Å². The van der Waals surface area contributed by atoms with E-state index < -0.39 is 0 Å². The summed E-state index contributed by atoms with van der Waals surface area (Å²) in [6.07, 6.45) is 0. The molecular formula is C6H11N. The van der Waals surface area contributed by atoms with Gasteiger partial charge in [-0.15, -0.1) is 0 Å². The van der Waals surface area contributed by atoms with Crippen molar-refractivity contribution in [3.8, 4) is 0 Å². The molecule has 1 fully saturated rings. The number of nitrogens with zero attached hydrogens (tertiary/aromatic N) is 1. The van der Waals surface area contributed by atoms with Crippen LogP contribution in [0.2, 0.25) is 0 Å². The van der Waals surface area contributed by atoms with Crippen molar-refractivity contribution >= 4 is 5.71 Å². The maximum atomic E-state index is 4.08. The van der Waals surface area contributed by atoms with Crippen molar-refractivity contribution in [2.75, 3.05) is 7.05 Å². The lowest BCUT2D eigenvalue weighted by Crippen LogP contribution is -1.66. The highest BCUT2D eigenvalue weighted by Crippen LogP contribution is 2.33. The van der Waals surface area contributed by atoms with Crippen LogP contribution in [0.15, 0.2) is 4.99 Å². The number of aliphatic imine (C=N–C) groups is 1. The topological polar surface area (TPSA) is 12.4 Å². The van der Waals surface area contributed by atoms with Crippen LogP contribution in [0, 0.1) is 11.8 Å². The van der Waals surface area contributed by atoms with E-state index in [1.54, 1.807) is 0 Å². The van der Waals surface area contributed by atoms with Crippen molar-refractivity contribution < 1.29 is 0 Å². The Morgan fingerprint density at radius 1 is 1.29 bits per heavy atom. The number of rotatable bonds is 0. The first-order chi connectivity index (χ1) is 3.27. The van der Waals surface area contributed by atoms with Gasteiger partial charge in [0.1, 0.15) is 0 Å². The highest BCUT2D eigenvalue weighted by Gasteiger charge is 2.36. The van der Waals surface area contributed by atoms with Crippen molar-refractivity contribution in [3.05, 3.63) is 0 Å². The smallest absolute Gasteiger partial charge is 0.0276 e. The third-order valence-corrected chi connectivity index (χ3v) is 1.83. The summed E-state index contributed by atoms with van der Waals surface area (Å²) < 4.78 is 0. The molecule has 0 radical (unpaired) electrons. The van der Waals surface area contributed by atoms with Gasteiger partial charge in [0.25, 0.3) is 0 Å². The molecule has 0 bridgehead atoms. The first-order valence-electron chi connectivity index (χ1n) is 2.74. The predicted octanol–water partition coefficient (Wildman–Crippen LogP) is 1.34. The molecule has 1 heteroatoms. The molecule has 40 valence electrons. The fraction of sp³-hybridized carbons (Fsp3) is 0.833. The lowest BCUT2D eigenvalue weighted by molar-refractivity contribution is 0.834. The summed E-state index contributed by atoms with van der Waals surface area (Å²) in [6.45, 7) is 4.43. The number of hydrogen-bond donors (Lipinski definition) is 0. The van der Waals surface area contributed by atoms with Gasteiger partial charge in [-0.25, -0.2) is 0 Å². The summed E-state index contributed by atoms with van der Waals surface area (Å²) in [5, 5.41) is 0.